The number of carbonyl (C=O) groups excluding carboxylic acids is 2. The SMILES string of the molecule is CC(=O)N1CCN(C(=O)c2cc(C3CC3)n(-c3ccc(F)cc3)n2)CC1. The smallest absolute Gasteiger partial charge is 0.274 e. The Morgan fingerprint density at radius 1 is 1.04 bits per heavy atom. The number of piperazine rings is 1. The number of aromatic nitrogens is 2. The zero-order valence-corrected chi connectivity index (χ0v) is 14.7. The minimum absolute atomic E-state index is 0.0358. The lowest BCUT2D eigenvalue weighted by atomic mass is 10.2. The maximum Gasteiger partial charge on any atom is 0.274 e. The van der Waals surface area contributed by atoms with E-state index in [2.05, 4.69) is 5.10 Å². The number of hydrogen-bond acceptors (Lipinski definition) is 3. The van der Waals surface area contributed by atoms with Gasteiger partial charge in [-0.25, -0.2) is 9.07 Å². The second kappa shape index (κ2) is 6.55. The van der Waals surface area contributed by atoms with Crippen LogP contribution in [0.3, 0.4) is 0 Å². The molecule has 0 N–H and O–H groups in total. The first-order valence-corrected chi connectivity index (χ1v) is 8.93. The van der Waals surface area contributed by atoms with Crippen molar-refractivity contribution in [3.05, 3.63) is 47.5 Å². The van der Waals surface area contributed by atoms with E-state index in [4.69, 9.17) is 0 Å². The molecule has 1 aliphatic heterocycles. The lowest BCUT2D eigenvalue weighted by Gasteiger charge is -2.33. The number of benzene rings is 1. The standard InChI is InChI=1S/C19H21FN4O2/c1-13(25)22-8-10-23(11-9-22)19(26)17-12-18(14-2-3-14)24(21-17)16-6-4-15(20)5-7-16/h4-7,12,14H,2-3,8-11H2,1H3. The van der Waals surface area contributed by atoms with Crippen molar-refractivity contribution in [3.8, 4) is 5.69 Å². The fourth-order valence-corrected chi connectivity index (χ4v) is 3.35. The maximum atomic E-state index is 13.2. The molecule has 7 heteroatoms. The number of nitrogens with zero attached hydrogens (tertiary/aromatic N) is 4. The second-order valence-corrected chi connectivity index (χ2v) is 6.92. The Labute approximate surface area is 151 Å². The van der Waals surface area contributed by atoms with E-state index in [1.807, 2.05) is 6.07 Å². The van der Waals surface area contributed by atoms with Gasteiger partial charge in [-0.05, 0) is 43.2 Å². The average Bonchev–Trinajstić information content (AvgIpc) is 3.40. The highest BCUT2D eigenvalue weighted by Gasteiger charge is 2.31. The first-order valence-electron chi connectivity index (χ1n) is 8.93. The Morgan fingerprint density at radius 2 is 1.65 bits per heavy atom. The number of amides is 2. The van der Waals surface area contributed by atoms with Crippen molar-refractivity contribution in [2.45, 2.75) is 25.7 Å². The van der Waals surface area contributed by atoms with Gasteiger partial charge in [0.15, 0.2) is 5.69 Å². The van der Waals surface area contributed by atoms with E-state index < -0.39 is 0 Å². The maximum absolute atomic E-state index is 13.2. The largest absolute Gasteiger partial charge is 0.339 e. The molecular formula is C19H21FN4O2. The molecule has 2 aliphatic rings. The van der Waals surface area contributed by atoms with Crippen molar-refractivity contribution >= 4 is 11.8 Å². The van der Waals surface area contributed by atoms with Crippen LogP contribution in [0.25, 0.3) is 5.69 Å². The van der Waals surface area contributed by atoms with E-state index in [0.29, 0.717) is 37.8 Å². The van der Waals surface area contributed by atoms with Crippen molar-refractivity contribution in [1.82, 2.24) is 19.6 Å². The van der Waals surface area contributed by atoms with E-state index in [0.717, 1.165) is 24.2 Å². The van der Waals surface area contributed by atoms with Gasteiger partial charge in [-0.2, -0.15) is 5.10 Å². The summed E-state index contributed by atoms with van der Waals surface area (Å²) in [5.74, 6) is 0.0295. The summed E-state index contributed by atoms with van der Waals surface area (Å²) in [7, 11) is 0. The molecule has 0 radical (unpaired) electrons. The molecule has 2 fully saturated rings. The number of halogens is 1. The summed E-state index contributed by atoms with van der Waals surface area (Å²) < 4.78 is 15.0. The molecule has 2 amide bonds. The van der Waals surface area contributed by atoms with Gasteiger partial charge in [0.1, 0.15) is 5.82 Å². The minimum Gasteiger partial charge on any atom is -0.339 e. The summed E-state index contributed by atoms with van der Waals surface area (Å²) in [6, 6.07) is 8.01. The highest BCUT2D eigenvalue weighted by Crippen LogP contribution is 2.41. The van der Waals surface area contributed by atoms with Gasteiger partial charge >= 0.3 is 0 Å². The van der Waals surface area contributed by atoms with Gasteiger partial charge in [0, 0.05) is 44.7 Å². The van der Waals surface area contributed by atoms with Gasteiger partial charge in [-0.3, -0.25) is 9.59 Å². The summed E-state index contributed by atoms with van der Waals surface area (Å²) in [5, 5.41) is 4.52. The van der Waals surface area contributed by atoms with E-state index in [1.165, 1.54) is 12.1 Å². The Bertz CT molecular complexity index is 834. The predicted octanol–water partition coefficient (Wildman–Crippen LogP) is 2.19. The van der Waals surface area contributed by atoms with E-state index in [9.17, 15) is 14.0 Å². The Hall–Kier alpha value is -2.70. The highest BCUT2D eigenvalue weighted by atomic mass is 19.1. The van der Waals surface area contributed by atoms with E-state index in [-0.39, 0.29) is 17.6 Å². The minimum atomic E-state index is -0.298. The zero-order valence-electron chi connectivity index (χ0n) is 14.7. The van der Waals surface area contributed by atoms with Crippen molar-refractivity contribution in [3.63, 3.8) is 0 Å². The first-order chi connectivity index (χ1) is 12.5. The molecule has 0 unspecified atom stereocenters. The molecular weight excluding hydrogens is 335 g/mol. The molecule has 0 spiro atoms. The summed E-state index contributed by atoms with van der Waals surface area (Å²) in [6.07, 6.45) is 2.16. The third kappa shape index (κ3) is 3.21. The normalized spacial score (nSPS) is 17.5. The third-order valence-corrected chi connectivity index (χ3v) is 5.04. The molecule has 0 bridgehead atoms. The molecule has 4 rings (SSSR count). The molecule has 1 saturated heterocycles. The Balaban J connectivity index is 1.57. The molecule has 26 heavy (non-hydrogen) atoms. The van der Waals surface area contributed by atoms with Crippen LogP contribution in [-0.4, -0.2) is 57.6 Å². The average molecular weight is 356 g/mol. The summed E-state index contributed by atoms with van der Waals surface area (Å²) in [4.78, 5) is 27.8. The van der Waals surface area contributed by atoms with Crippen LogP contribution in [0.4, 0.5) is 4.39 Å². The van der Waals surface area contributed by atoms with Crippen LogP contribution >= 0.6 is 0 Å². The monoisotopic (exact) mass is 356 g/mol. The van der Waals surface area contributed by atoms with Crippen LogP contribution in [0.2, 0.25) is 0 Å². The van der Waals surface area contributed by atoms with Gasteiger partial charge in [0.25, 0.3) is 5.91 Å². The van der Waals surface area contributed by atoms with Gasteiger partial charge in [0.05, 0.1) is 5.69 Å². The van der Waals surface area contributed by atoms with Crippen LogP contribution in [0.1, 0.15) is 41.9 Å². The Morgan fingerprint density at radius 3 is 2.23 bits per heavy atom. The fraction of sp³-hybridized carbons (Fsp3) is 0.421. The summed E-state index contributed by atoms with van der Waals surface area (Å²) >= 11 is 0. The number of rotatable bonds is 3. The number of hydrogen-bond donors (Lipinski definition) is 0. The van der Waals surface area contributed by atoms with Crippen LogP contribution in [-0.2, 0) is 4.79 Å². The quantitative estimate of drug-likeness (QED) is 0.847. The lowest BCUT2D eigenvalue weighted by Crippen LogP contribution is -2.50. The second-order valence-electron chi connectivity index (χ2n) is 6.92. The molecule has 6 nitrogen and oxygen atoms in total. The van der Waals surface area contributed by atoms with Crippen molar-refractivity contribution in [2.75, 3.05) is 26.2 Å². The van der Waals surface area contributed by atoms with Crippen LogP contribution in [0, 0.1) is 5.82 Å². The molecule has 1 saturated carbocycles. The van der Waals surface area contributed by atoms with Gasteiger partial charge in [0.2, 0.25) is 5.91 Å². The molecule has 1 aromatic heterocycles. The summed E-state index contributed by atoms with van der Waals surface area (Å²) in [6.45, 7) is 3.68. The van der Waals surface area contributed by atoms with E-state index in [1.54, 1.807) is 33.5 Å². The lowest BCUT2D eigenvalue weighted by molar-refractivity contribution is -0.130. The van der Waals surface area contributed by atoms with Crippen molar-refractivity contribution < 1.29 is 14.0 Å². The van der Waals surface area contributed by atoms with Gasteiger partial charge in [-0.1, -0.05) is 0 Å². The van der Waals surface area contributed by atoms with Gasteiger partial charge in [-0.15, -0.1) is 0 Å². The first kappa shape index (κ1) is 16.8. The molecule has 1 aliphatic carbocycles. The van der Waals surface area contributed by atoms with Crippen molar-refractivity contribution in [2.24, 2.45) is 0 Å². The molecule has 1 aromatic carbocycles. The molecule has 136 valence electrons. The van der Waals surface area contributed by atoms with Crippen LogP contribution in [0.15, 0.2) is 30.3 Å². The summed E-state index contributed by atoms with van der Waals surface area (Å²) in [5.41, 5.74) is 2.17. The van der Waals surface area contributed by atoms with Crippen LogP contribution in [0.5, 0.6) is 0 Å². The zero-order chi connectivity index (χ0) is 18.3. The molecule has 0 atom stereocenters. The highest BCUT2D eigenvalue weighted by molar-refractivity contribution is 5.92. The van der Waals surface area contributed by atoms with Crippen LogP contribution < -0.4 is 0 Å². The number of carbonyl (C=O) groups is 2. The van der Waals surface area contributed by atoms with Crippen molar-refractivity contribution in [1.29, 1.82) is 0 Å². The van der Waals surface area contributed by atoms with Gasteiger partial charge < -0.3 is 9.80 Å². The molecule has 2 heterocycles. The Kier molecular flexibility index (Phi) is 4.22. The fourth-order valence-electron chi connectivity index (χ4n) is 3.35. The van der Waals surface area contributed by atoms with E-state index >= 15 is 0 Å². The topological polar surface area (TPSA) is 58.4 Å². The third-order valence-electron chi connectivity index (χ3n) is 5.04. The molecule has 2 aromatic rings. The predicted molar refractivity (Wildman–Crippen MR) is 93.7 cm³/mol.